The van der Waals surface area contributed by atoms with Gasteiger partial charge in [0.2, 0.25) is 0 Å². The maximum absolute atomic E-state index is 12.0. The molecule has 43 nitrogen and oxygen atoms in total. The first-order valence-corrected chi connectivity index (χ1v) is 33.7. The third-order valence-corrected chi connectivity index (χ3v) is 20.1. The van der Waals surface area contributed by atoms with E-state index in [-0.39, 0.29) is 11.1 Å². The van der Waals surface area contributed by atoms with Gasteiger partial charge >= 0.3 is 0 Å². The van der Waals surface area contributed by atoms with Gasteiger partial charge in [-0.15, -0.1) is 0 Å². The van der Waals surface area contributed by atoms with Crippen LogP contribution >= 0.6 is 0 Å². The Labute approximate surface area is 575 Å². The highest BCUT2D eigenvalue weighted by molar-refractivity contribution is 7.85. The molecule has 30 fully saturated rings. The molecule has 32 rings (SSSR count). The Morgan fingerprint density at radius 1 is 0.265 bits per heavy atom. The molecule has 0 aliphatic carbocycles. The molecular formula is C58H86O43S. The quantitative estimate of drug-likeness (QED) is 0.0929. The molecule has 30 aliphatic heterocycles. The fourth-order valence-corrected chi connectivity index (χ4v) is 14.0. The SMILES string of the molecule is O=S(=O)(O)c1ccc2ccc(OC[C@H]3O[C@@H]4O[C@H]5[C@H](O)[C@@H](O)[C@@H](O[C@H]6[C@H](O)[C@@H](O)[C@@H](O[C@H]7[C@H](O)[C@@H](O)[C@@H](O[C@H]8[C@H](O)[C@@H](O)[C@@H](O[C@H]9[C@@H](O)[C@H](O)[C@@H](O[C@H]%10[C@@H](O)[C@H](O)[C@@H](O[C@H]%11[C@@H](O)[C@H](O)[C@@H](O[C@H]3[C@H](O)[C@H]4O)O[C@@H]%11CO)O[C@@H]%10CO)O[C@@H]9CO)O[C@@H]8CO)O[C@@H]7CO)O[C@@H]6CO)O[C@@H]5CO)cc2c1. The minimum Gasteiger partial charge on any atom is -0.491 e. The first kappa shape index (κ1) is 79.9. The van der Waals surface area contributed by atoms with Crippen LogP contribution in [0.1, 0.15) is 0 Å². The van der Waals surface area contributed by atoms with Crippen LogP contribution in [0.25, 0.3) is 10.8 Å². The number of rotatable bonds is 11. The van der Waals surface area contributed by atoms with E-state index in [4.69, 9.17) is 80.5 Å². The summed E-state index contributed by atoms with van der Waals surface area (Å²) in [5.74, 6) is -0.0572. The van der Waals surface area contributed by atoms with Gasteiger partial charge in [0.25, 0.3) is 10.1 Å². The van der Waals surface area contributed by atoms with E-state index in [2.05, 4.69) is 0 Å². The zero-order valence-electron chi connectivity index (χ0n) is 53.1. The molecule has 0 radical (unpaired) electrons. The van der Waals surface area contributed by atoms with E-state index < -0.39 is 314 Å². The van der Waals surface area contributed by atoms with Crippen molar-refractivity contribution >= 4 is 20.9 Å². The predicted octanol–water partition coefficient (Wildman–Crippen LogP) is -14.9. The van der Waals surface area contributed by atoms with Crippen LogP contribution in [0.5, 0.6) is 5.75 Å². The summed E-state index contributed by atoms with van der Waals surface area (Å²) in [6.07, 6.45) is -83.9. The van der Waals surface area contributed by atoms with Crippen molar-refractivity contribution in [2.24, 2.45) is 0 Å². The number of benzene rings is 2. The largest absolute Gasteiger partial charge is 0.491 e. The fraction of sp³-hybridized carbons (Fsp3) is 0.828. The van der Waals surface area contributed by atoms with E-state index in [1.165, 1.54) is 24.3 Å². The Balaban J connectivity index is 0.881. The third kappa shape index (κ3) is 16.0. The van der Waals surface area contributed by atoms with E-state index in [0.717, 1.165) is 12.1 Å². The number of aliphatic hydroxyl groups excluding tert-OH is 23. The van der Waals surface area contributed by atoms with Gasteiger partial charge in [-0.1, -0.05) is 12.1 Å². The van der Waals surface area contributed by atoms with Crippen molar-refractivity contribution in [2.75, 3.05) is 52.9 Å². The predicted molar refractivity (Wildman–Crippen MR) is 313 cm³/mol. The maximum atomic E-state index is 12.0. The number of ether oxygens (including phenoxy) is 17. The van der Waals surface area contributed by atoms with Crippen LogP contribution in [0.4, 0.5) is 0 Å². The molecule has 44 heteroatoms. The van der Waals surface area contributed by atoms with Crippen molar-refractivity contribution in [2.45, 2.75) is 251 Å². The van der Waals surface area contributed by atoms with Crippen molar-refractivity contribution in [3.63, 3.8) is 0 Å². The molecule has 16 bridgehead atoms. The smallest absolute Gasteiger partial charge is 0.294 e. The van der Waals surface area contributed by atoms with E-state index >= 15 is 0 Å². The summed E-state index contributed by atoms with van der Waals surface area (Å²) in [4.78, 5) is -0.498. The molecule has 0 saturated carbocycles. The lowest BCUT2D eigenvalue weighted by Crippen LogP contribution is -2.69. The molecule has 0 unspecified atom stereocenters. The van der Waals surface area contributed by atoms with Crippen LogP contribution in [-0.2, 0) is 85.9 Å². The summed E-state index contributed by atoms with van der Waals surface area (Å²) in [6, 6.07) is 7.79. The second kappa shape index (κ2) is 33.4. The molecule has 582 valence electrons. The van der Waals surface area contributed by atoms with E-state index in [0.29, 0.717) is 5.39 Å². The van der Waals surface area contributed by atoms with Gasteiger partial charge in [-0.25, -0.2) is 0 Å². The average molecular weight is 1500 g/mol. The molecule has 30 saturated heterocycles. The molecule has 0 amide bonds. The molecule has 24 N–H and O–H groups in total. The molecule has 0 aromatic heterocycles. The van der Waals surface area contributed by atoms with Crippen molar-refractivity contribution in [3.05, 3.63) is 36.4 Å². The van der Waals surface area contributed by atoms with Crippen LogP contribution in [-0.4, -0.2) is 429 Å². The minimum atomic E-state index is -4.71. The van der Waals surface area contributed by atoms with Crippen molar-refractivity contribution in [1.82, 2.24) is 0 Å². The van der Waals surface area contributed by atoms with Gasteiger partial charge in [0.05, 0.1) is 51.1 Å². The van der Waals surface area contributed by atoms with E-state index in [1.54, 1.807) is 0 Å². The van der Waals surface area contributed by atoms with Gasteiger partial charge in [0.15, 0.2) is 50.3 Å². The van der Waals surface area contributed by atoms with Gasteiger partial charge in [-0.3, -0.25) is 4.55 Å². The third-order valence-electron chi connectivity index (χ3n) is 19.2. The zero-order valence-corrected chi connectivity index (χ0v) is 53.9. The Hall–Kier alpha value is -3.15. The maximum Gasteiger partial charge on any atom is 0.294 e. The van der Waals surface area contributed by atoms with E-state index in [1.807, 2.05) is 0 Å². The number of hydrogen-bond donors (Lipinski definition) is 24. The first-order chi connectivity index (χ1) is 48.5. The minimum absolute atomic E-state index is 0.0572. The lowest BCUT2D eigenvalue weighted by atomic mass is 9.94. The Bertz CT molecular complexity index is 3110. The zero-order chi connectivity index (χ0) is 73.8. The van der Waals surface area contributed by atoms with Gasteiger partial charge in [-0.2, -0.15) is 8.42 Å². The summed E-state index contributed by atoms with van der Waals surface area (Å²) in [6.45, 7) is -8.57. The number of hydrogen-bond acceptors (Lipinski definition) is 42. The summed E-state index contributed by atoms with van der Waals surface area (Å²) in [5.41, 5.74) is 0. The second-order valence-electron chi connectivity index (χ2n) is 25.7. The molecule has 102 heavy (non-hydrogen) atoms. The highest BCUT2D eigenvalue weighted by atomic mass is 32.2. The van der Waals surface area contributed by atoms with Gasteiger partial charge in [0, 0.05) is 0 Å². The lowest BCUT2D eigenvalue weighted by molar-refractivity contribution is -0.404. The average Bonchev–Trinajstić information content (AvgIpc) is 0.775. The van der Waals surface area contributed by atoms with Crippen LogP contribution < -0.4 is 4.74 Å². The Morgan fingerprint density at radius 3 is 0.686 bits per heavy atom. The summed E-state index contributed by atoms with van der Waals surface area (Å²) < 4.78 is 133. The number of fused-ring (bicyclic) bond motifs is 1. The van der Waals surface area contributed by atoms with Crippen molar-refractivity contribution < 1.29 is 211 Å². The summed E-state index contributed by atoms with van der Waals surface area (Å²) >= 11 is 0. The number of aliphatic hydroxyl groups is 23. The molecule has 30 aliphatic rings. The Morgan fingerprint density at radius 2 is 0.471 bits per heavy atom. The van der Waals surface area contributed by atoms with Gasteiger partial charge in [0.1, 0.15) is 208 Å². The molecular weight excluding hydrogens is 1420 g/mol. The highest BCUT2D eigenvalue weighted by Crippen LogP contribution is 2.40. The summed E-state index contributed by atoms with van der Waals surface area (Å²) in [7, 11) is -4.71. The van der Waals surface area contributed by atoms with E-state index in [9.17, 15) is 130 Å². The van der Waals surface area contributed by atoms with Crippen LogP contribution in [0.3, 0.4) is 0 Å². The van der Waals surface area contributed by atoms with Gasteiger partial charge < -0.3 is 198 Å². The lowest BCUT2D eigenvalue weighted by Gasteiger charge is -2.50. The Kier molecular flexibility index (Phi) is 26.1. The monoisotopic (exact) mass is 1500 g/mol. The van der Waals surface area contributed by atoms with Crippen LogP contribution in [0, 0.1) is 0 Å². The van der Waals surface area contributed by atoms with Crippen LogP contribution in [0.15, 0.2) is 41.3 Å². The standard InChI is InChI=1S/C58H86O43S/c59-7-19-43-27(66)35(74)51(86-19)95-44-20(8-60)88-53(37(76)29(44)68)97-46-22(10-62)90-55(39(78)31(46)70)99-48-24(12-64)92-57(41(80)33(48)72)101-50-26(14-85-17-3-1-15-2-4-18(102(82,83)84)6-16(15)5-17)93-58(42(81)34(50)73)100-49-25(13-65)91-56(40(79)32(49)71)98-47-23(11-63)89-54(38(77)30(47)69)96-45-21(9-61)87-52(94-43)36(75)28(45)67/h1-6,19-81H,7-14H2,(H,82,83,84)/t19-,20-,21-,22-,23-,24-,25-,26-,27-,28-,29+,30-,31+,32-,33+,34-,35-,36-,37+,38-,39+,40-,41+,42-,43-,44-,45-,46-,47-,48-,49-,50-,51-,52-,53-,54-,55-,56-,57-,58-/m1/s1. The molecule has 30 heterocycles. The fourth-order valence-electron chi connectivity index (χ4n) is 13.5. The van der Waals surface area contributed by atoms with Gasteiger partial charge in [-0.05, 0) is 35.0 Å². The van der Waals surface area contributed by atoms with Crippen molar-refractivity contribution in [1.29, 1.82) is 0 Å². The first-order valence-electron chi connectivity index (χ1n) is 32.3. The molecule has 2 aromatic rings. The van der Waals surface area contributed by atoms with Crippen molar-refractivity contribution in [3.8, 4) is 5.75 Å². The normalized spacial score (nSPS) is 49.5. The molecule has 40 atom stereocenters. The second-order valence-corrected chi connectivity index (χ2v) is 27.2. The van der Waals surface area contributed by atoms with Crippen LogP contribution in [0.2, 0.25) is 0 Å². The molecule has 2 aromatic carbocycles. The topological polar surface area (TPSA) is 677 Å². The summed E-state index contributed by atoms with van der Waals surface area (Å²) in [5, 5.41) is 260. The molecule has 0 spiro atoms. The highest BCUT2D eigenvalue weighted by Gasteiger charge is 2.60.